The summed E-state index contributed by atoms with van der Waals surface area (Å²) in [6, 6.07) is 6.20. The first kappa shape index (κ1) is 13.9. The SMILES string of the molecule is CC(=O)NC1CCN(C(C)c2ccc(C)cc2O)C1. The van der Waals surface area contributed by atoms with E-state index in [1.807, 2.05) is 19.1 Å². The van der Waals surface area contributed by atoms with Crippen LogP contribution in [-0.4, -0.2) is 35.0 Å². The lowest BCUT2D eigenvalue weighted by Gasteiger charge is -2.25. The monoisotopic (exact) mass is 262 g/mol. The topological polar surface area (TPSA) is 52.6 Å². The number of amides is 1. The summed E-state index contributed by atoms with van der Waals surface area (Å²) < 4.78 is 0. The number of hydrogen-bond acceptors (Lipinski definition) is 3. The second-order valence-electron chi connectivity index (χ2n) is 5.42. The summed E-state index contributed by atoms with van der Waals surface area (Å²) in [7, 11) is 0. The van der Waals surface area contributed by atoms with Gasteiger partial charge in [0.05, 0.1) is 0 Å². The van der Waals surface area contributed by atoms with Crippen LogP contribution in [0.25, 0.3) is 0 Å². The molecule has 1 heterocycles. The predicted molar refractivity (Wildman–Crippen MR) is 75.1 cm³/mol. The van der Waals surface area contributed by atoms with Gasteiger partial charge in [0.2, 0.25) is 5.91 Å². The molecule has 1 aliphatic rings. The molecule has 104 valence electrons. The Balaban J connectivity index is 2.04. The highest BCUT2D eigenvalue weighted by Crippen LogP contribution is 2.31. The smallest absolute Gasteiger partial charge is 0.217 e. The summed E-state index contributed by atoms with van der Waals surface area (Å²) in [5.41, 5.74) is 2.01. The van der Waals surface area contributed by atoms with Crippen LogP contribution in [0.3, 0.4) is 0 Å². The Morgan fingerprint density at radius 1 is 1.53 bits per heavy atom. The van der Waals surface area contributed by atoms with Crippen LogP contribution in [0, 0.1) is 6.92 Å². The summed E-state index contributed by atoms with van der Waals surface area (Å²) in [6.45, 7) is 7.41. The lowest BCUT2D eigenvalue weighted by atomic mass is 10.0. The molecule has 1 aromatic carbocycles. The molecule has 2 unspecified atom stereocenters. The highest BCUT2D eigenvalue weighted by atomic mass is 16.3. The Hall–Kier alpha value is -1.55. The van der Waals surface area contributed by atoms with Gasteiger partial charge in [-0.05, 0) is 31.9 Å². The van der Waals surface area contributed by atoms with Gasteiger partial charge in [0.15, 0.2) is 0 Å². The fraction of sp³-hybridized carbons (Fsp3) is 0.533. The Kier molecular flexibility index (Phi) is 4.10. The normalized spacial score (nSPS) is 21.3. The number of hydrogen-bond donors (Lipinski definition) is 2. The van der Waals surface area contributed by atoms with Gasteiger partial charge in [0.1, 0.15) is 5.75 Å². The third-order valence-corrected chi connectivity index (χ3v) is 3.81. The Labute approximate surface area is 114 Å². The fourth-order valence-electron chi connectivity index (χ4n) is 2.75. The van der Waals surface area contributed by atoms with Gasteiger partial charge in [-0.3, -0.25) is 9.69 Å². The number of nitrogens with zero attached hydrogens (tertiary/aromatic N) is 1. The van der Waals surface area contributed by atoms with Gasteiger partial charge < -0.3 is 10.4 Å². The zero-order valence-corrected chi connectivity index (χ0v) is 11.8. The van der Waals surface area contributed by atoms with Crippen LogP contribution in [0.4, 0.5) is 0 Å². The molecule has 4 nitrogen and oxygen atoms in total. The van der Waals surface area contributed by atoms with Crippen molar-refractivity contribution in [3.63, 3.8) is 0 Å². The number of likely N-dealkylation sites (tertiary alicyclic amines) is 1. The molecule has 0 bridgehead atoms. The molecule has 1 aromatic rings. The summed E-state index contributed by atoms with van der Waals surface area (Å²) >= 11 is 0. The zero-order valence-electron chi connectivity index (χ0n) is 11.8. The van der Waals surface area contributed by atoms with E-state index < -0.39 is 0 Å². The van der Waals surface area contributed by atoms with Crippen molar-refractivity contribution in [2.75, 3.05) is 13.1 Å². The highest BCUT2D eigenvalue weighted by molar-refractivity contribution is 5.73. The van der Waals surface area contributed by atoms with Gasteiger partial charge in [-0.15, -0.1) is 0 Å². The molecule has 1 saturated heterocycles. The van der Waals surface area contributed by atoms with E-state index in [0.29, 0.717) is 5.75 Å². The van der Waals surface area contributed by atoms with Crippen LogP contribution in [0.15, 0.2) is 18.2 Å². The number of benzene rings is 1. The molecule has 0 aliphatic carbocycles. The second kappa shape index (κ2) is 5.61. The Bertz CT molecular complexity index is 473. The molecule has 1 fully saturated rings. The molecule has 2 atom stereocenters. The molecule has 0 radical (unpaired) electrons. The average Bonchev–Trinajstić information content (AvgIpc) is 2.75. The maximum Gasteiger partial charge on any atom is 0.217 e. The largest absolute Gasteiger partial charge is 0.508 e. The predicted octanol–water partition coefficient (Wildman–Crippen LogP) is 1.97. The van der Waals surface area contributed by atoms with Crippen molar-refractivity contribution in [1.82, 2.24) is 10.2 Å². The maximum absolute atomic E-state index is 11.1. The number of carbonyl (C=O) groups excluding carboxylic acids is 1. The molecule has 19 heavy (non-hydrogen) atoms. The average molecular weight is 262 g/mol. The lowest BCUT2D eigenvalue weighted by Crippen LogP contribution is -2.36. The van der Waals surface area contributed by atoms with E-state index in [2.05, 4.69) is 17.1 Å². The fourth-order valence-corrected chi connectivity index (χ4v) is 2.75. The first-order valence-corrected chi connectivity index (χ1v) is 6.78. The molecule has 0 saturated carbocycles. The van der Waals surface area contributed by atoms with E-state index in [-0.39, 0.29) is 18.0 Å². The van der Waals surface area contributed by atoms with Gasteiger partial charge >= 0.3 is 0 Å². The summed E-state index contributed by atoms with van der Waals surface area (Å²) in [5, 5.41) is 13.0. The molecule has 2 N–H and O–H groups in total. The molecule has 0 spiro atoms. The van der Waals surface area contributed by atoms with Gasteiger partial charge in [0, 0.05) is 37.7 Å². The standard InChI is InChI=1S/C15H22N2O2/c1-10-4-5-14(15(19)8-10)11(2)17-7-6-13(9-17)16-12(3)18/h4-5,8,11,13,19H,6-7,9H2,1-3H3,(H,16,18). The zero-order chi connectivity index (χ0) is 14.0. The van der Waals surface area contributed by atoms with E-state index >= 15 is 0 Å². The van der Waals surface area contributed by atoms with E-state index in [0.717, 1.165) is 30.6 Å². The van der Waals surface area contributed by atoms with Crippen molar-refractivity contribution in [3.05, 3.63) is 29.3 Å². The maximum atomic E-state index is 11.1. The number of phenols is 1. The molecule has 2 rings (SSSR count). The van der Waals surface area contributed by atoms with Crippen LogP contribution >= 0.6 is 0 Å². The molecule has 1 aliphatic heterocycles. The first-order chi connectivity index (χ1) is 8.97. The molecular weight excluding hydrogens is 240 g/mol. The third kappa shape index (κ3) is 3.26. The molecular formula is C15H22N2O2. The van der Waals surface area contributed by atoms with Gasteiger partial charge in [0.25, 0.3) is 0 Å². The van der Waals surface area contributed by atoms with E-state index in [9.17, 15) is 9.90 Å². The van der Waals surface area contributed by atoms with Crippen molar-refractivity contribution in [2.24, 2.45) is 0 Å². The number of carbonyl (C=O) groups is 1. The Morgan fingerprint density at radius 3 is 2.89 bits per heavy atom. The highest BCUT2D eigenvalue weighted by Gasteiger charge is 2.28. The number of nitrogens with one attached hydrogen (secondary N) is 1. The summed E-state index contributed by atoms with van der Waals surface area (Å²) in [4.78, 5) is 13.4. The second-order valence-corrected chi connectivity index (χ2v) is 5.42. The lowest BCUT2D eigenvalue weighted by molar-refractivity contribution is -0.119. The minimum Gasteiger partial charge on any atom is -0.508 e. The molecule has 0 aromatic heterocycles. The number of aryl methyl sites for hydroxylation is 1. The van der Waals surface area contributed by atoms with Crippen molar-refractivity contribution in [3.8, 4) is 5.75 Å². The summed E-state index contributed by atoms with van der Waals surface area (Å²) in [6.07, 6.45) is 0.969. The van der Waals surface area contributed by atoms with E-state index in [4.69, 9.17) is 0 Å². The number of phenolic OH excluding ortho intramolecular Hbond substituents is 1. The first-order valence-electron chi connectivity index (χ1n) is 6.78. The van der Waals surface area contributed by atoms with E-state index in [1.54, 1.807) is 13.0 Å². The van der Waals surface area contributed by atoms with Crippen molar-refractivity contribution in [2.45, 2.75) is 39.3 Å². The molecule has 1 amide bonds. The van der Waals surface area contributed by atoms with Crippen LogP contribution in [0.5, 0.6) is 5.75 Å². The van der Waals surface area contributed by atoms with Crippen molar-refractivity contribution in [1.29, 1.82) is 0 Å². The van der Waals surface area contributed by atoms with Crippen LogP contribution in [-0.2, 0) is 4.79 Å². The van der Waals surface area contributed by atoms with Crippen molar-refractivity contribution >= 4 is 5.91 Å². The number of rotatable bonds is 3. The van der Waals surface area contributed by atoms with Gasteiger partial charge in [-0.1, -0.05) is 12.1 Å². The number of aromatic hydroxyl groups is 1. The Morgan fingerprint density at radius 2 is 2.26 bits per heavy atom. The van der Waals surface area contributed by atoms with Crippen LogP contribution in [0.1, 0.15) is 37.4 Å². The van der Waals surface area contributed by atoms with Crippen molar-refractivity contribution < 1.29 is 9.90 Å². The minimum atomic E-state index is 0.0256. The third-order valence-electron chi connectivity index (χ3n) is 3.81. The van der Waals surface area contributed by atoms with E-state index in [1.165, 1.54) is 0 Å². The van der Waals surface area contributed by atoms with Gasteiger partial charge in [-0.2, -0.15) is 0 Å². The summed E-state index contributed by atoms with van der Waals surface area (Å²) in [5.74, 6) is 0.383. The minimum absolute atomic E-state index is 0.0256. The van der Waals surface area contributed by atoms with Gasteiger partial charge in [-0.25, -0.2) is 0 Å². The van der Waals surface area contributed by atoms with Crippen LogP contribution in [0.2, 0.25) is 0 Å². The molecule has 4 heteroatoms. The van der Waals surface area contributed by atoms with Crippen LogP contribution < -0.4 is 5.32 Å². The quantitative estimate of drug-likeness (QED) is 0.875.